The number of aromatic nitrogens is 4. The van der Waals surface area contributed by atoms with Crippen LogP contribution in [0.2, 0.25) is 0 Å². The van der Waals surface area contributed by atoms with E-state index in [0.29, 0.717) is 11.6 Å². The Kier molecular flexibility index (Phi) is 6.09. The first-order chi connectivity index (χ1) is 15.3. The van der Waals surface area contributed by atoms with Crippen molar-refractivity contribution < 1.29 is 19.7 Å². The van der Waals surface area contributed by atoms with Gasteiger partial charge in [0.2, 0.25) is 0 Å². The topological polar surface area (TPSA) is 124 Å². The Morgan fingerprint density at radius 2 is 1.72 bits per heavy atom. The summed E-state index contributed by atoms with van der Waals surface area (Å²) in [4.78, 5) is 21.2. The van der Waals surface area contributed by atoms with Gasteiger partial charge in [0.15, 0.2) is 11.6 Å². The lowest BCUT2D eigenvalue weighted by Gasteiger charge is -2.34. The van der Waals surface area contributed by atoms with Gasteiger partial charge in [-0.1, -0.05) is 0 Å². The first kappa shape index (κ1) is 21.8. The number of pyridine rings is 1. The van der Waals surface area contributed by atoms with Gasteiger partial charge in [0.05, 0.1) is 18.1 Å². The number of anilines is 1. The van der Waals surface area contributed by atoms with Crippen molar-refractivity contribution >= 4 is 11.8 Å². The van der Waals surface area contributed by atoms with Crippen LogP contribution in [0.1, 0.15) is 26.7 Å². The van der Waals surface area contributed by atoms with E-state index < -0.39 is 11.4 Å². The van der Waals surface area contributed by atoms with Gasteiger partial charge in [-0.05, 0) is 63.1 Å². The monoisotopic (exact) mass is 437 g/mol. The molecule has 168 valence electrons. The maximum atomic E-state index is 11.2. The van der Waals surface area contributed by atoms with Crippen molar-refractivity contribution in [1.82, 2.24) is 20.2 Å². The number of ether oxygens (including phenoxy) is 1. The number of carbonyl (C=O) groups is 1. The van der Waals surface area contributed by atoms with E-state index in [1.807, 2.05) is 12.1 Å². The molecule has 1 aromatic carbocycles. The number of aromatic hydroxyl groups is 1. The van der Waals surface area contributed by atoms with Crippen LogP contribution in [-0.4, -0.2) is 62.1 Å². The molecule has 0 unspecified atom stereocenters. The maximum absolute atomic E-state index is 11.2. The van der Waals surface area contributed by atoms with Crippen molar-refractivity contribution in [1.29, 1.82) is 0 Å². The summed E-state index contributed by atoms with van der Waals surface area (Å²) in [5, 5.41) is 27.0. The predicted molar refractivity (Wildman–Crippen MR) is 119 cm³/mol. The second-order valence-corrected chi connectivity index (χ2v) is 8.66. The molecule has 1 saturated heterocycles. The van der Waals surface area contributed by atoms with Crippen LogP contribution in [0.25, 0.3) is 22.8 Å². The average Bonchev–Trinajstić information content (AvgIpc) is 3.29. The molecule has 32 heavy (non-hydrogen) atoms. The average molecular weight is 438 g/mol. The summed E-state index contributed by atoms with van der Waals surface area (Å²) in [5.41, 5.74) is 0.792. The molecule has 1 fully saturated rings. The molecule has 9 nitrogen and oxygen atoms in total. The molecule has 3 aromatic rings. The fourth-order valence-electron chi connectivity index (χ4n) is 3.49. The summed E-state index contributed by atoms with van der Waals surface area (Å²) in [7, 11) is 0. The van der Waals surface area contributed by atoms with Gasteiger partial charge in [-0.2, -0.15) is 0 Å². The Morgan fingerprint density at radius 1 is 1.09 bits per heavy atom. The van der Waals surface area contributed by atoms with Crippen LogP contribution in [-0.2, 0) is 9.53 Å². The van der Waals surface area contributed by atoms with Gasteiger partial charge in [0.1, 0.15) is 11.6 Å². The Balaban J connectivity index is 1.34. The van der Waals surface area contributed by atoms with Crippen LogP contribution in [0.3, 0.4) is 0 Å². The molecule has 0 saturated carbocycles. The van der Waals surface area contributed by atoms with Crippen LogP contribution in [0.15, 0.2) is 42.6 Å². The normalized spacial score (nSPS) is 15.1. The molecule has 2 aromatic heterocycles. The van der Waals surface area contributed by atoms with E-state index in [9.17, 15) is 15.0 Å². The second kappa shape index (κ2) is 8.96. The van der Waals surface area contributed by atoms with Crippen molar-refractivity contribution in [3.8, 4) is 28.5 Å². The van der Waals surface area contributed by atoms with E-state index in [0.717, 1.165) is 42.9 Å². The van der Waals surface area contributed by atoms with Crippen molar-refractivity contribution in [3.63, 3.8) is 0 Å². The molecule has 0 radical (unpaired) electrons. The Bertz CT molecular complexity index is 1050. The third-order valence-electron chi connectivity index (χ3n) is 5.67. The number of carboxylic acid groups (broad SMARTS) is 1. The van der Waals surface area contributed by atoms with Crippen LogP contribution >= 0.6 is 0 Å². The van der Waals surface area contributed by atoms with Gasteiger partial charge < -0.3 is 24.8 Å². The molecule has 0 bridgehead atoms. The molecule has 1 aliphatic heterocycles. The van der Waals surface area contributed by atoms with E-state index in [-0.39, 0.29) is 18.5 Å². The van der Waals surface area contributed by atoms with Gasteiger partial charge in [-0.3, -0.25) is 4.79 Å². The van der Waals surface area contributed by atoms with Crippen LogP contribution in [0.5, 0.6) is 5.75 Å². The molecule has 3 N–H and O–H groups in total. The lowest BCUT2D eigenvalue weighted by Crippen LogP contribution is -2.39. The number of aromatic amines is 1. The molecule has 9 heteroatoms. The number of nitrogens with zero attached hydrogens (tertiary/aromatic N) is 4. The van der Waals surface area contributed by atoms with E-state index in [1.54, 1.807) is 44.3 Å². The van der Waals surface area contributed by atoms with E-state index in [2.05, 4.69) is 25.1 Å². The van der Waals surface area contributed by atoms with Crippen molar-refractivity contribution in [2.75, 3.05) is 24.6 Å². The molecule has 0 atom stereocenters. The molecule has 4 rings (SSSR count). The minimum atomic E-state index is -0.878. The molecule has 0 amide bonds. The number of phenols is 1. The van der Waals surface area contributed by atoms with Crippen LogP contribution in [0.4, 0.5) is 5.82 Å². The zero-order valence-corrected chi connectivity index (χ0v) is 18.2. The van der Waals surface area contributed by atoms with Crippen molar-refractivity contribution in [2.45, 2.75) is 32.8 Å². The third kappa shape index (κ3) is 4.88. The summed E-state index contributed by atoms with van der Waals surface area (Å²) < 4.78 is 5.85. The predicted octanol–water partition coefficient (Wildman–Crippen LogP) is 3.34. The maximum Gasteiger partial charge on any atom is 0.311 e. The quantitative estimate of drug-likeness (QED) is 0.514. The number of rotatable bonds is 7. The number of nitrogens with one attached hydrogen (secondary N) is 1. The number of aliphatic carboxylic acids is 1. The number of hydrogen-bond acceptors (Lipinski definition) is 7. The molecule has 3 heterocycles. The minimum Gasteiger partial charge on any atom is -0.508 e. The van der Waals surface area contributed by atoms with E-state index >= 15 is 0 Å². The number of benzene rings is 1. The molecule has 0 spiro atoms. The van der Waals surface area contributed by atoms with Gasteiger partial charge in [0, 0.05) is 30.4 Å². The highest BCUT2D eigenvalue weighted by Crippen LogP contribution is 2.25. The van der Waals surface area contributed by atoms with Crippen molar-refractivity contribution in [2.24, 2.45) is 5.41 Å². The SMILES string of the molecule is CC(C)(COC1CCN(c2ccc(-c3nnc(-c4ccc(O)cc4)[nH]3)cn2)CC1)C(=O)O. The van der Waals surface area contributed by atoms with Gasteiger partial charge in [0.25, 0.3) is 0 Å². The molecule has 1 aliphatic rings. The summed E-state index contributed by atoms with van der Waals surface area (Å²) in [5.74, 6) is 1.49. The fourth-order valence-corrected chi connectivity index (χ4v) is 3.49. The Morgan fingerprint density at radius 3 is 2.31 bits per heavy atom. The zero-order valence-electron chi connectivity index (χ0n) is 18.2. The highest BCUT2D eigenvalue weighted by atomic mass is 16.5. The van der Waals surface area contributed by atoms with Gasteiger partial charge in [-0.25, -0.2) is 4.98 Å². The standard InChI is InChI=1S/C23H27N5O4/c1-23(2,22(30)31)14-32-18-9-11-28(12-10-18)19-8-5-16(13-24-19)21-25-20(26-27-21)15-3-6-17(29)7-4-15/h3-8,13,18,29H,9-12,14H2,1-2H3,(H,30,31)(H,25,26,27). The number of piperidine rings is 1. The summed E-state index contributed by atoms with van der Waals surface area (Å²) in [6, 6.07) is 10.7. The molecular weight excluding hydrogens is 410 g/mol. The largest absolute Gasteiger partial charge is 0.508 e. The third-order valence-corrected chi connectivity index (χ3v) is 5.67. The number of carboxylic acids is 1. The number of H-pyrrole nitrogens is 1. The highest BCUT2D eigenvalue weighted by Gasteiger charge is 2.30. The minimum absolute atomic E-state index is 0.0664. The molecular formula is C23H27N5O4. The lowest BCUT2D eigenvalue weighted by molar-refractivity contribution is -0.152. The first-order valence-corrected chi connectivity index (χ1v) is 10.6. The Labute approximate surface area is 186 Å². The van der Waals surface area contributed by atoms with Crippen LogP contribution < -0.4 is 4.90 Å². The second-order valence-electron chi connectivity index (χ2n) is 8.66. The fraction of sp³-hybridized carbons (Fsp3) is 0.391. The molecule has 0 aliphatic carbocycles. The lowest BCUT2D eigenvalue weighted by atomic mass is 9.95. The van der Waals surface area contributed by atoms with Crippen molar-refractivity contribution in [3.05, 3.63) is 42.6 Å². The van der Waals surface area contributed by atoms with E-state index in [4.69, 9.17) is 4.74 Å². The smallest absolute Gasteiger partial charge is 0.311 e. The van der Waals surface area contributed by atoms with E-state index in [1.165, 1.54) is 0 Å². The van der Waals surface area contributed by atoms with Gasteiger partial charge >= 0.3 is 5.97 Å². The summed E-state index contributed by atoms with van der Waals surface area (Å²) in [6.45, 7) is 5.18. The first-order valence-electron chi connectivity index (χ1n) is 10.6. The highest BCUT2D eigenvalue weighted by molar-refractivity contribution is 5.73. The number of hydrogen-bond donors (Lipinski definition) is 3. The van der Waals surface area contributed by atoms with Crippen LogP contribution in [0, 0.1) is 5.41 Å². The summed E-state index contributed by atoms with van der Waals surface area (Å²) >= 11 is 0. The summed E-state index contributed by atoms with van der Waals surface area (Å²) in [6.07, 6.45) is 3.50. The Hall–Kier alpha value is -3.46. The zero-order chi connectivity index (χ0) is 22.7. The number of phenolic OH excluding ortho intramolecular Hbond substituents is 1. The van der Waals surface area contributed by atoms with Gasteiger partial charge in [-0.15, -0.1) is 10.2 Å².